The van der Waals surface area contributed by atoms with E-state index in [4.69, 9.17) is 5.73 Å². The zero-order valence-electron chi connectivity index (χ0n) is 12.0. The first kappa shape index (κ1) is 16.4. The molecule has 1 atom stereocenters. The van der Waals surface area contributed by atoms with Crippen LogP contribution in [0.3, 0.4) is 0 Å². The van der Waals surface area contributed by atoms with Crippen molar-refractivity contribution < 1.29 is 4.79 Å². The molecule has 17 heavy (non-hydrogen) atoms. The average Bonchev–Trinajstić information content (AvgIpc) is 2.31. The van der Waals surface area contributed by atoms with Crippen LogP contribution in [-0.2, 0) is 4.79 Å². The predicted molar refractivity (Wildman–Crippen MR) is 72.9 cm³/mol. The fourth-order valence-electron chi connectivity index (χ4n) is 2.01. The van der Waals surface area contributed by atoms with Gasteiger partial charge in [-0.15, -0.1) is 0 Å². The van der Waals surface area contributed by atoms with E-state index in [1.165, 1.54) is 0 Å². The summed E-state index contributed by atoms with van der Waals surface area (Å²) < 4.78 is 0. The standard InChI is InChI=1S/C13H29N3O/c1-6-12(7-2)15-13(17)11(5)16(9-8-14)10(3)4/h10-12H,6-9,14H2,1-5H3,(H,15,17). The summed E-state index contributed by atoms with van der Waals surface area (Å²) in [5.41, 5.74) is 5.59. The molecule has 0 aromatic rings. The first-order valence-corrected chi connectivity index (χ1v) is 6.74. The Morgan fingerprint density at radius 2 is 1.76 bits per heavy atom. The molecule has 0 heterocycles. The molecule has 3 N–H and O–H groups in total. The molecule has 0 saturated carbocycles. The van der Waals surface area contributed by atoms with Crippen LogP contribution in [0.4, 0.5) is 0 Å². The third-order valence-corrected chi connectivity index (χ3v) is 3.26. The minimum absolute atomic E-state index is 0.112. The molecule has 0 aromatic heterocycles. The molecular weight excluding hydrogens is 214 g/mol. The summed E-state index contributed by atoms with van der Waals surface area (Å²) in [6.07, 6.45) is 1.96. The molecule has 4 nitrogen and oxygen atoms in total. The Bertz CT molecular complexity index is 215. The van der Waals surface area contributed by atoms with Gasteiger partial charge in [-0.1, -0.05) is 13.8 Å². The molecule has 0 aliphatic rings. The van der Waals surface area contributed by atoms with Crippen molar-refractivity contribution in [3.05, 3.63) is 0 Å². The Morgan fingerprint density at radius 3 is 2.12 bits per heavy atom. The number of nitrogens with zero attached hydrogens (tertiary/aromatic N) is 1. The van der Waals surface area contributed by atoms with Gasteiger partial charge in [0.2, 0.25) is 5.91 Å². The lowest BCUT2D eigenvalue weighted by Crippen LogP contribution is -2.51. The third-order valence-electron chi connectivity index (χ3n) is 3.26. The van der Waals surface area contributed by atoms with Crippen LogP contribution in [-0.4, -0.2) is 42.0 Å². The smallest absolute Gasteiger partial charge is 0.237 e. The lowest BCUT2D eigenvalue weighted by Gasteiger charge is -2.32. The first-order chi connectivity index (χ1) is 7.97. The second kappa shape index (κ2) is 8.48. The summed E-state index contributed by atoms with van der Waals surface area (Å²) in [7, 11) is 0. The number of carbonyl (C=O) groups is 1. The van der Waals surface area contributed by atoms with Crippen LogP contribution in [0.5, 0.6) is 0 Å². The molecule has 0 fully saturated rings. The van der Waals surface area contributed by atoms with Crippen LogP contribution in [0, 0.1) is 0 Å². The van der Waals surface area contributed by atoms with Gasteiger partial charge >= 0.3 is 0 Å². The second-order valence-corrected chi connectivity index (χ2v) is 4.82. The van der Waals surface area contributed by atoms with E-state index in [0.29, 0.717) is 12.6 Å². The van der Waals surface area contributed by atoms with Crippen molar-refractivity contribution in [3.8, 4) is 0 Å². The lowest BCUT2D eigenvalue weighted by molar-refractivity contribution is -0.127. The van der Waals surface area contributed by atoms with Crippen molar-refractivity contribution in [3.63, 3.8) is 0 Å². The van der Waals surface area contributed by atoms with Gasteiger partial charge < -0.3 is 11.1 Å². The monoisotopic (exact) mass is 243 g/mol. The van der Waals surface area contributed by atoms with Crippen LogP contribution in [0.1, 0.15) is 47.5 Å². The van der Waals surface area contributed by atoms with E-state index in [-0.39, 0.29) is 18.0 Å². The maximum absolute atomic E-state index is 12.1. The van der Waals surface area contributed by atoms with Crippen LogP contribution < -0.4 is 11.1 Å². The van der Waals surface area contributed by atoms with E-state index < -0.39 is 0 Å². The zero-order chi connectivity index (χ0) is 13.4. The molecule has 1 unspecified atom stereocenters. The second-order valence-electron chi connectivity index (χ2n) is 4.82. The number of amides is 1. The molecule has 102 valence electrons. The molecule has 0 aromatic carbocycles. The summed E-state index contributed by atoms with van der Waals surface area (Å²) in [5.74, 6) is 0.112. The summed E-state index contributed by atoms with van der Waals surface area (Å²) in [6, 6.07) is 0.511. The Balaban J connectivity index is 4.43. The van der Waals surface area contributed by atoms with Gasteiger partial charge in [-0.2, -0.15) is 0 Å². The Hall–Kier alpha value is -0.610. The van der Waals surface area contributed by atoms with Gasteiger partial charge in [-0.3, -0.25) is 9.69 Å². The lowest BCUT2D eigenvalue weighted by atomic mass is 10.1. The fraction of sp³-hybridized carbons (Fsp3) is 0.923. The summed E-state index contributed by atoms with van der Waals surface area (Å²) >= 11 is 0. The number of hydrogen-bond acceptors (Lipinski definition) is 3. The quantitative estimate of drug-likeness (QED) is 0.676. The van der Waals surface area contributed by atoms with E-state index >= 15 is 0 Å². The summed E-state index contributed by atoms with van der Waals surface area (Å²) in [4.78, 5) is 14.2. The average molecular weight is 243 g/mol. The number of carbonyl (C=O) groups excluding carboxylic acids is 1. The van der Waals surface area contributed by atoms with E-state index in [1.54, 1.807) is 0 Å². The van der Waals surface area contributed by atoms with Gasteiger partial charge in [-0.25, -0.2) is 0 Å². The highest BCUT2D eigenvalue weighted by atomic mass is 16.2. The molecule has 0 aliphatic carbocycles. The van der Waals surface area contributed by atoms with Crippen molar-refractivity contribution in [2.24, 2.45) is 5.73 Å². The molecule has 0 radical (unpaired) electrons. The van der Waals surface area contributed by atoms with Gasteiger partial charge in [0.05, 0.1) is 6.04 Å². The molecule has 1 amide bonds. The van der Waals surface area contributed by atoms with Crippen LogP contribution in [0.2, 0.25) is 0 Å². The van der Waals surface area contributed by atoms with E-state index in [0.717, 1.165) is 19.4 Å². The minimum Gasteiger partial charge on any atom is -0.352 e. The van der Waals surface area contributed by atoms with E-state index in [9.17, 15) is 4.79 Å². The first-order valence-electron chi connectivity index (χ1n) is 6.74. The van der Waals surface area contributed by atoms with Gasteiger partial charge in [0.25, 0.3) is 0 Å². The molecule has 0 rings (SSSR count). The van der Waals surface area contributed by atoms with Crippen molar-refractivity contribution in [2.75, 3.05) is 13.1 Å². The summed E-state index contributed by atoms with van der Waals surface area (Å²) in [5, 5.41) is 3.09. The van der Waals surface area contributed by atoms with Crippen LogP contribution in [0.15, 0.2) is 0 Å². The number of nitrogens with one attached hydrogen (secondary N) is 1. The SMILES string of the molecule is CCC(CC)NC(=O)C(C)N(CCN)C(C)C. The van der Waals surface area contributed by atoms with Crippen molar-refractivity contribution in [2.45, 2.75) is 65.6 Å². The van der Waals surface area contributed by atoms with Gasteiger partial charge in [0.15, 0.2) is 0 Å². The molecule has 0 spiro atoms. The largest absolute Gasteiger partial charge is 0.352 e. The Kier molecular flexibility index (Phi) is 8.17. The van der Waals surface area contributed by atoms with E-state index in [2.05, 4.69) is 37.9 Å². The fourth-order valence-corrected chi connectivity index (χ4v) is 2.01. The van der Waals surface area contributed by atoms with Crippen LogP contribution in [0.25, 0.3) is 0 Å². The minimum atomic E-state index is -0.112. The van der Waals surface area contributed by atoms with Crippen molar-refractivity contribution in [1.29, 1.82) is 0 Å². The highest BCUT2D eigenvalue weighted by Gasteiger charge is 2.23. The molecular formula is C13H29N3O. The summed E-state index contributed by atoms with van der Waals surface area (Å²) in [6.45, 7) is 11.7. The molecule has 0 bridgehead atoms. The maximum atomic E-state index is 12.1. The Morgan fingerprint density at radius 1 is 1.24 bits per heavy atom. The van der Waals surface area contributed by atoms with E-state index in [1.807, 2.05) is 6.92 Å². The number of hydrogen-bond donors (Lipinski definition) is 2. The van der Waals surface area contributed by atoms with Gasteiger partial charge in [-0.05, 0) is 33.6 Å². The van der Waals surface area contributed by atoms with Gasteiger partial charge in [0, 0.05) is 25.2 Å². The Labute approximate surface area is 106 Å². The highest BCUT2D eigenvalue weighted by Crippen LogP contribution is 2.06. The maximum Gasteiger partial charge on any atom is 0.237 e. The normalized spacial score (nSPS) is 13.5. The number of rotatable bonds is 8. The predicted octanol–water partition coefficient (Wildman–Crippen LogP) is 1.35. The molecule has 0 saturated heterocycles. The van der Waals surface area contributed by atoms with Crippen LogP contribution >= 0.6 is 0 Å². The van der Waals surface area contributed by atoms with Crippen molar-refractivity contribution in [1.82, 2.24) is 10.2 Å². The number of nitrogens with two attached hydrogens (primary N) is 1. The van der Waals surface area contributed by atoms with Crippen molar-refractivity contribution >= 4 is 5.91 Å². The molecule has 4 heteroatoms. The topological polar surface area (TPSA) is 58.4 Å². The van der Waals surface area contributed by atoms with Gasteiger partial charge in [0.1, 0.15) is 0 Å². The highest BCUT2D eigenvalue weighted by molar-refractivity contribution is 5.81. The molecule has 0 aliphatic heterocycles. The third kappa shape index (κ3) is 5.50. The zero-order valence-corrected chi connectivity index (χ0v) is 12.0.